The molecule has 28 heavy (non-hydrogen) atoms. The number of amides is 1. The minimum atomic E-state index is -4.22. The Labute approximate surface area is 165 Å². The summed E-state index contributed by atoms with van der Waals surface area (Å²) in [5.41, 5.74) is 6.43. The van der Waals surface area contributed by atoms with Crippen LogP contribution in [0.15, 0.2) is 0 Å². The second-order valence-corrected chi connectivity index (χ2v) is 8.87. The van der Waals surface area contributed by atoms with Crippen LogP contribution in [-0.2, 0) is 4.79 Å². The van der Waals surface area contributed by atoms with Crippen LogP contribution in [0.5, 0.6) is 0 Å². The molecule has 0 aromatic rings. The van der Waals surface area contributed by atoms with Gasteiger partial charge < -0.3 is 10.6 Å². The number of nitrogens with zero attached hydrogens (tertiary/aromatic N) is 1. The molecule has 162 valence electrons. The predicted molar refractivity (Wildman–Crippen MR) is 101 cm³/mol. The zero-order valence-corrected chi connectivity index (χ0v) is 16.8. The van der Waals surface area contributed by atoms with Gasteiger partial charge in [0.15, 0.2) is 0 Å². The molecule has 1 amide bonds. The summed E-state index contributed by atoms with van der Waals surface area (Å²) in [5.74, 6) is -0.610. The fourth-order valence-electron chi connectivity index (χ4n) is 4.88. The van der Waals surface area contributed by atoms with Gasteiger partial charge >= 0.3 is 6.18 Å². The first kappa shape index (κ1) is 21.8. The highest BCUT2D eigenvalue weighted by Gasteiger charge is 2.44. The van der Waals surface area contributed by atoms with Crippen molar-refractivity contribution in [2.45, 2.75) is 76.3 Å². The molecule has 3 fully saturated rings. The van der Waals surface area contributed by atoms with Gasteiger partial charge in [-0.15, -0.1) is 0 Å². The monoisotopic (exact) mass is 405 g/mol. The highest BCUT2D eigenvalue weighted by Crippen LogP contribution is 2.35. The topological polar surface area (TPSA) is 68.4 Å². The van der Waals surface area contributed by atoms with Crippen LogP contribution in [0.25, 0.3) is 0 Å². The van der Waals surface area contributed by atoms with Gasteiger partial charge in [0.25, 0.3) is 0 Å². The maximum atomic E-state index is 13.0. The molecule has 4 N–H and O–H groups in total. The van der Waals surface area contributed by atoms with Crippen LogP contribution in [0.2, 0.25) is 0 Å². The Morgan fingerprint density at radius 2 is 2.04 bits per heavy atom. The molecule has 0 spiro atoms. The van der Waals surface area contributed by atoms with Crippen molar-refractivity contribution in [3.63, 3.8) is 0 Å². The third-order valence-corrected chi connectivity index (χ3v) is 6.77. The van der Waals surface area contributed by atoms with Gasteiger partial charge in [0, 0.05) is 6.04 Å². The zero-order valence-electron chi connectivity index (χ0n) is 16.8. The average Bonchev–Trinajstić information content (AvgIpc) is 3.06. The fraction of sp³-hybridized carbons (Fsp3) is 0.947. The van der Waals surface area contributed by atoms with E-state index < -0.39 is 18.1 Å². The summed E-state index contributed by atoms with van der Waals surface area (Å²) in [6, 6.07) is -0.672. The van der Waals surface area contributed by atoms with Crippen molar-refractivity contribution in [2.24, 2.45) is 17.8 Å². The number of nitrogens with one attached hydrogen (secondary N) is 4. The second kappa shape index (κ2) is 9.28. The molecule has 5 unspecified atom stereocenters. The maximum absolute atomic E-state index is 13.0. The molecule has 0 aromatic carbocycles. The standard InChI is InChI=1S/C19H34F3N5O/c1-12(8-17-26-24-11-27(17)2)13-4-3-5-15(9-13)25-18(28)16-10-14(6-7-23-16)19(20,21)22/h12-17,23-24,26H,3-11H2,1-2H3,(H,25,28)/t12-,13?,14?,15?,16?,17?/m1/s1. The van der Waals surface area contributed by atoms with Gasteiger partial charge in [-0.2, -0.15) is 13.2 Å². The average molecular weight is 406 g/mol. The van der Waals surface area contributed by atoms with E-state index in [0.29, 0.717) is 18.0 Å². The summed E-state index contributed by atoms with van der Waals surface area (Å²) in [5, 5.41) is 6.01. The lowest BCUT2D eigenvalue weighted by Gasteiger charge is -2.36. The normalized spacial score (nSPS) is 36.2. The first-order chi connectivity index (χ1) is 13.2. The maximum Gasteiger partial charge on any atom is 0.391 e. The molecule has 1 saturated carbocycles. The number of hydrazine groups is 1. The lowest BCUT2D eigenvalue weighted by molar-refractivity contribution is -0.183. The van der Waals surface area contributed by atoms with Crippen LogP contribution in [0.1, 0.15) is 51.9 Å². The fourth-order valence-corrected chi connectivity index (χ4v) is 4.88. The van der Waals surface area contributed by atoms with E-state index in [4.69, 9.17) is 0 Å². The van der Waals surface area contributed by atoms with Gasteiger partial charge in [0.1, 0.15) is 0 Å². The van der Waals surface area contributed by atoms with Crippen molar-refractivity contribution in [2.75, 3.05) is 20.3 Å². The number of alkyl halides is 3. The van der Waals surface area contributed by atoms with Crippen LogP contribution in [-0.4, -0.2) is 55.5 Å². The summed E-state index contributed by atoms with van der Waals surface area (Å²) in [6.45, 7) is 3.33. The molecule has 0 radical (unpaired) electrons. The molecule has 2 heterocycles. The van der Waals surface area contributed by atoms with Gasteiger partial charge in [-0.3, -0.25) is 9.69 Å². The van der Waals surface area contributed by atoms with Crippen molar-refractivity contribution in [1.29, 1.82) is 0 Å². The highest BCUT2D eigenvalue weighted by molar-refractivity contribution is 5.82. The Morgan fingerprint density at radius 3 is 2.71 bits per heavy atom. The molecule has 6 nitrogen and oxygen atoms in total. The van der Waals surface area contributed by atoms with E-state index in [1.165, 1.54) is 0 Å². The summed E-state index contributed by atoms with van der Waals surface area (Å²) in [7, 11) is 2.08. The van der Waals surface area contributed by atoms with E-state index in [0.717, 1.165) is 38.8 Å². The quantitative estimate of drug-likeness (QED) is 0.563. The Morgan fingerprint density at radius 1 is 1.25 bits per heavy atom. The lowest BCUT2D eigenvalue weighted by Crippen LogP contribution is -2.53. The van der Waals surface area contributed by atoms with Crippen molar-refractivity contribution in [1.82, 2.24) is 26.4 Å². The third kappa shape index (κ3) is 5.58. The summed E-state index contributed by atoms with van der Waals surface area (Å²) >= 11 is 0. The molecular formula is C19H34F3N5O. The molecule has 0 aromatic heterocycles. The zero-order chi connectivity index (χ0) is 20.3. The van der Waals surface area contributed by atoms with Gasteiger partial charge in [0.05, 0.1) is 24.8 Å². The lowest BCUT2D eigenvalue weighted by atomic mass is 9.77. The van der Waals surface area contributed by atoms with Crippen LogP contribution >= 0.6 is 0 Å². The van der Waals surface area contributed by atoms with Crippen molar-refractivity contribution in [3.05, 3.63) is 0 Å². The number of carbonyl (C=O) groups is 1. The SMILES string of the molecule is C[C@H](CC1NNCN1C)C1CCCC(NC(=O)C2CC(C(F)(F)F)CCN2)C1. The summed E-state index contributed by atoms with van der Waals surface area (Å²) in [4.78, 5) is 14.8. The van der Waals surface area contributed by atoms with Crippen LogP contribution in [0.4, 0.5) is 13.2 Å². The molecular weight excluding hydrogens is 371 g/mol. The Bertz CT molecular complexity index is 532. The Hall–Kier alpha value is -0.900. The first-order valence-corrected chi connectivity index (χ1v) is 10.5. The summed E-state index contributed by atoms with van der Waals surface area (Å²) in [6.07, 6.45) is 1.04. The second-order valence-electron chi connectivity index (χ2n) is 8.87. The van der Waals surface area contributed by atoms with Gasteiger partial charge in [0.2, 0.25) is 5.91 Å². The van der Waals surface area contributed by atoms with Gasteiger partial charge in [-0.05, 0) is 57.5 Å². The molecule has 6 atom stereocenters. The molecule has 9 heteroatoms. The number of hydrogen-bond donors (Lipinski definition) is 4. The number of rotatable bonds is 5. The van der Waals surface area contributed by atoms with Crippen LogP contribution < -0.4 is 21.5 Å². The molecule has 3 rings (SSSR count). The smallest absolute Gasteiger partial charge is 0.352 e. The molecule has 3 aliphatic rings. The van der Waals surface area contributed by atoms with E-state index in [2.05, 4.69) is 40.4 Å². The van der Waals surface area contributed by atoms with E-state index in [9.17, 15) is 18.0 Å². The molecule has 1 aliphatic carbocycles. The highest BCUT2D eigenvalue weighted by atomic mass is 19.4. The van der Waals surface area contributed by atoms with Crippen molar-refractivity contribution < 1.29 is 18.0 Å². The molecule has 2 aliphatic heterocycles. The van der Waals surface area contributed by atoms with Crippen LogP contribution in [0.3, 0.4) is 0 Å². The minimum Gasteiger partial charge on any atom is -0.352 e. The Balaban J connectivity index is 1.48. The first-order valence-electron chi connectivity index (χ1n) is 10.5. The number of halogens is 3. The largest absolute Gasteiger partial charge is 0.391 e. The number of hydrogen-bond acceptors (Lipinski definition) is 5. The predicted octanol–water partition coefficient (Wildman–Crippen LogP) is 1.94. The van der Waals surface area contributed by atoms with Crippen molar-refractivity contribution >= 4 is 5.91 Å². The Kier molecular flexibility index (Phi) is 7.22. The summed E-state index contributed by atoms with van der Waals surface area (Å²) < 4.78 is 39.0. The van der Waals surface area contributed by atoms with E-state index in [1.54, 1.807) is 0 Å². The van der Waals surface area contributed by atoms with Gasteiger partial charge in [-0.1, -0.05) is 19.8 Å². The minimum absolute atomic E-state index is 0.0504. The molecule has 2 saturated heterocycles. The number of piperidine rings is 1. The van der Waals surface area contributed by atoms with E-state index in [-0.39, 0.29) is 31.3 Å². The van der Waals surface area contributed by atoms with Crippen LogP contribution in [0, 0.1) is 17.8 Å². The third-order valence-electron chi connectivity index (χ3n) is 6.77. The molecule has 0 bridgehead atoms. The number of carbonyl (C=O) groups excluding carboxylic acids is 1. The van der Waals surface area contributed by atoms with E-state index in [1.807, 2.05) is 0 Å². The van der Waals surface area contributed by atoms with Crippen molar-refractivity contribution in [3.8, 4) is 0 Å². The van der Waals surface area contributed by atoms with E-state index >= 15 is 0 Å². The van der Waals surface area contributed by atoms with Gasteiger partial charge in [-0.25, -0.2) is 10.9 Å².